The molecule has 7 nitrogen and oxygen atoms in total. The lowest BCUT2D eigenvalue weighted by molar-refractivity contribution is -0.136. The Hall–Kier alpha value is -2.12. The minimum absolute atomic E-state index is 0.0484. The third kappa shape index (κ3) is 6.84. The standard InChI is InChI=1S/C17H22N2O4.C3H8O/c20-13-3-4-14-12(10-17(22)23-15(14)11-13)9-16(21)18-5-8-19-6-1-2-7-19;1-3-4-2/h3-4,11-12,20H,1-2,5-10H2,(H,18,21);3H2,1-2H3. The molecule has 0 saturated carbocycles. The Labute approximate surface area is 160 Å². The van der Waals surface area contributed by atoms with Crippen LogP contribution in [0.2, 0.25) is 0 Å². The number of hydrogen-bond acceptors (Lipinski definition) is 6. The van der Waals surface area contributed by atoms with Crippen LogP contribution in [-0.4, -0.2) is 61.8 Å². The highest BCUT2D eigenvalue weighted by Gasteiger charge is 2.29. The normalized spacial score (nSPS) is 18.9. The summed E-state index contributed by atoms with van der Waals surface area (Å²) in [6.45, 7) is 6.52. The van der Waals surface area contributed by atoms with Crippen molar-refractivity contribution < 1.29 is 24.2 Å². The van der Waals surface area contributed by atoms with E-state index in [2.05, 4.69) is 15.0 Å². The summed E-state index contributed by atoms with van der Waals surface area (Å²) in [5, 5.41) is 12.4. The number of hydrogen-bond donors (Lipinski definition) is 2. The van der Waals surface area contributed by atoms with Gasteiger partial charge < -0.3 is 24.8 Å². The van der Waals surface area contributed by atoms with E-state index in [9.17, 15) is 14.7 Å². The second-order valence-corrected chi connectivity index (χ2v) is 6.78. The van der Waals surface area contributed by atoms with E-state index in [-0.39, 0.29) is 36.4 Å². The number of aromatic hydroxyl groups is 1. The summed E-state index contributed by atoms with van der Waals surface area (Å²) in [6, 6.07) is 4.69. The Morgan fingerprint density at radius 1 is 1.37 bits per heavy atom. The molecule has 0 aromatic heterocycles. The van der Waals surface area contributed by atoms with E-state index in [0.29, 0.717) is 12.3 Å². The van der Waals surface area contributed by atoms with E-state index in [1.165, 1.54) is 18.9 Å². The topological polar surface area (TPSA) is 88.1 Å². The maximum Gasteiger partial charge on any atom is 0.311 e. The Morgan fingerprint density at radius 3 is 2.74 bits per heavy atom. The van der Waals surface area contributed by atoms with Gasteiger partial charge in [-0.1, -0.05) is 6.07 Å². The van der Waals surface area contributed by atoms with Gasteiger partial charge >= 0.3 is 5.97 Å². The van der Waals surface area contributed by atoms with Gasteiger partial charge in [0.25, 0.3) is 0 Å². The molecule has 150 valence electrons. The first kappa shape index (κ1) is 21.2. The number of esters is 1. The molecule has 7 heteroatoms. The highest BCUT2D eigenvalue weighted by molar-refractivity contribution is 5.81. The van der Waals surface area contributed by atoms with Gasteiger partial charge in [-0.15, -0.1) is 0 Å². The first-order chi connectivity index (χ1) is 13.0. The summed E-state index contributed by atoms with van der Waals surface area (Å²) in [5.41, 5.74) is 0.803. The number of fused-ring (bicyclic) bond motifs is 1. The molecule has 1 unspecified atom stereocenters. The Morgan fingerprint density at radius 2 is 2.07 bits per heavy atom. The minimum Gasteiger partial charge on any atom is -0.508 e. The zero-order valence-corrected chi connectivity index (χ0v) is 16.2. The number of ether oxygens (including phenoxy) is 2. The van der Waals surface area contributed by atoms with Crippen LogP contribution in [0.1, 0.15) is 44.1 Å². The van der Waals surface area contributed by atoms with Crippen LogP contribution in [-0.2, 0) is 14.3 Å². The van der Waals surface area contributed by atoms with Crippen molar-refractivity contribution in [2.45, 2.75) is 38.5 Å². The molecule has 3 rings (SSSR count). The molecule has 2 heterocycles. The molecule has 1 fully saturated rings. The number of phenols is 1. The predicted octanol–water partition coefficient (Wildman–Crippen LogP) is 2.04. The summed E-state index contributed by atoms with van der Waals surface area (Å²) in [7, 11) is 1.68. The number of benzene rings is 1. The Kier molecular flexibility index (Phi) is 8.54. The smallest absolute Gasteiger partial charge is 0.311 e. The Bertz CT molecular complexity index is 627. The van der Waals surface area contributed by atoms with E-state index in [1.54, 1.807) is 19.2 Å². The fourth-order valence-electron chi connectivity index (χ4n) is 3.26. The van der Waals surface area contributed by atoms with Crippen LogP contribution in [0.25, 0.3) is 0 Å². The molecule has 1 atom stereocenters. The van der Waals surface area contributed by atoms with Crippen molar-refractivity contribution in [3.63, 3.8) is 0 Å². The number of likely N-dealkylation sites (tertiary alicyclic amines) is 1. The van der Waals surface area contributed by atoms with Gasteiger partial charge in [-0.05, 0) is 44.5 Å². The molecule has 1 aromatic rings. The van der Waals surface area contributed by atoms with Crippen LogP contribution in [0.5, 0.6) is 11.5 Å². The molecular weight excluding hydrogens is 348 g/mol. The average molecular weight is 378 g/mol. The van der Waals surface area contributed by atoms with Gasteiger partial charge in [-0.2, -0.15) is 0 Å². The van der Waals surface area contributed by atoms with Gasteiger partial charge in [0.15, 0.2) is 0 Å². The van der Waals surface area contributed by atoms with Gasteiger partial charge in [-0.25, -0.2) is 0 Å². The lowest BCUT2D eigenvalue weighted by atomic mass is 9.89. The summed E-state index contributed by atoms with van der Waals surface area (Å²) < 4.78 is 9.68. The number of carbonyl (C=O) groups is 2. The number of nitrogens with zero attached hydrogens (tertiary/aromatic N) is 1. The van der Waals surface area contributed by atoms with Crippen LogP contribution in [0.3, 0.4) is 0 Å². The first-order valence-corrected chi connectivity index (χ1v) is 9.55. The van der Waals surface area contributed by atoms with Crippen molar-refractivity contribution in [2.75, 3.05) is 39.9 Å². The van der Waals surface area contributed by atoms with Crippen molar-refractivity contribution in [1.82, 2.24) is 10.2 Å². The second kappa shape index (κ2) is 10.9. The molecule has 0 radical (unpaired) electrons. The molecule has 2 aliphatic rings. The Balaban J connectivity index is 0.000000596. The highest BCUT2D eigenvalue weighted by Crippen LogP contribution is 2.38. The van der Waals surface area contributed by atoms with Gasteiger partial charge in [0.1, 0.15) is 11.5 Å². The minimum atomic E-state index is -0.363. The third-order valence-electron chi connectivity index (χ3n) is 4.74. The van der Waals surface area contributed by atoms with Crippen molar-refractivity contribution >= 4 is 11.9 Å². The van der Waals surface area contributed by atoms with Gasteiger partial charge in [0.2, 0.25) is 5.91 Å². The molecule has 27 heavy (non-hydrogen) atoms. The molecule has 2 N–H and O–H groups in total. The predicted molar refractivity (Wildman–Crippen MR) is 102 cm³/mol. The van der Waals surface area contributed by atoms with Crippen LogP contribution in [0, 0.1) is 0 Å². The number of rotatable bonds is 6. The van der Waals surface area contributed by atoms with E-state index in [1.807, 2.05) is 6.92 Å². The molecule has 0 aliphatic carbocycles. The van der Waals surface area contributed by atoms with E-state index in [0.717, 1.165) is 31.8 Å². The van der Waals surface area contributed by atoms with Crippen LogP contribution >= 0.6 is 0 Å². The number of amides is 1. The zero-order valence-electron chi connectivity index (χ0n) is 16.2. The maximum absolute atomic E-state index is 12.1. The number of nitrogens with one attached hydrogen (secondary N) is 1. The van der Waals surface area contributed by atoms with Crippen LogP contribution in [0.4, 0.5) is 0 Å². The highest BCUT2D eigenvalue weighted by atomic mass is 16.5. The summed E-state index contributed by atoms with van der Waals surface area (Å²) in [6.07, 6.45) is 2.92. The fourth-order valence-corrected chi connectivity index (χ4v) is 3.26. The molecule has 0 bridgehead atoms. The molecule has 0 spiro atoms. The quantitative estimate of drug-likeness (QED) is 0.582. The molecule has 1 amide bonds. The van der Waals surface area contributed by atoms with Gasteiger partial charge in [-0.3, -0.25) is 9.59 Å². The molecular formula is C20H30N2O5. The van der Waals surface area contributed by atoms with E-state index in [4.69, 9.17) is 4.74 Å². The summed E-state index contributed by atoms with van der Waals surface area (Å²) in [4.78, 5) is 26.2. The third-order valence-corrected chi connectivity index (χ3v) is 4.74. The lowest BCUT2D eigenvalue weighted by Gasteiger charge is -2.24. The maximum atomic E-state index is 12.1. The van der Waals surface area contributed by atoms with Gasteiger partial charge in [0, 0.05) is 45.2 Å². The fraction of sp³-hybridized carbons (Fsp3) is 0.600. The van der Waals surface area contributed by atoms with Crippen molar-refractivity contribution in [1.29, 1.82) is 0 Å². The van der Waals surface area contributed by atoms with Gasteiger partial charge in [0.05, 0.1) is 6.42 Å². The second-order valence-electron chi connectivity index (χ2n) is 6.78. The zero-order chi connectivity index (χ0) is 19.6. The van der Waals surface area contributed by atoms with Crippen molar-refractivity contribution in [3.8, 4) is 11.5 Å². The summed E-state index contributed by atoms with van der Waals surface area (Å²) in [5.74, 6) is -0.206. The molecule has 1 saturated heterocycles. The molecule has 2 aliphatic heterocycles. The van der Waals surface area contributed by atoms with E-state index >= 15 is 0 Å². The average Bonchev–Trinajstić information content (AvgIpc) is 3.14. The SMILES string of the molecule is CCOC.O=C(CC1CC(=O)Oc2cc(O)ccc21)NCCN1CCCC1. The summed E-state index contributed by atoms with van der Waals surface area (Å²) >= 11 is 0. The largest absolute Gasteiger partial charge is 0.508 e. The number of phenolic OH excluding ortho intramolecular Hbond substituents is 1. The number of carbonyl (C=O) groups excluding carboxylic acids is 2. The molecule has 1 aromatic carbocycles. The first-order valence-electron chi connectivity index (χ1n) is 9.55. The number of methoxy groups -OCH3 is 1. The lowest BCUT2D eigenvalue weighted by Crippen LogP contribution is -2.34. The van der Waals surface area contributed by atoms with E-state index < -0.39 is 0 Å². The van der Waals surface area contributed by atoms with Crippen LogP contribution < -0.4 is 10.1 Å². The van der Waals surface area contributed by atoms with Crippen molar-refractivity contribution in [3.05, 3.63) is 23.8 Å². The monoisotopic (exact) mass is 378 g/mol. The van der Waals surface area contributed by atoms with Crippen LogP contribution in [0.15, 0.2) is 18.2 Å². The van der Waals surface area contributed by atoms with Crippen molar-refractivity contribution in [2.24, 2.45) is 0 Å².